The largest absolute Gasteiger partial charge is 0.338 e. The first kappa shape index (κ1) is 12.8. The van der Waals surface area contributed by atoms with E-state index in [0.29, 0.717) is 24.7 Å². The Bertz CT molecular complexity index is 421. The number of amides is 1. The topological polar surface area (TPSA) is 71.2 Å². The molecule has 1 aliphatic heterocycles. The number of hydrazine groups is 1. The molecule has 1 aromatic rings. The molecule has 0 radical (unpaired) electrons. The molecule has 0 aliphatic carbocycles. The van der Waals surface area contributed by atoms with Crippen LogP contribution in [-0.2, 0) is 11.3 Å². The fourth-order valence-corrected chi connectivity index (χ4v) is 2.48. The van der Waals surface area contributed by atoms with Crippen molar-refractivity contribution in [3.63, 3.8) is 0 Å². The molecule has 1 aliphatic rings. The van der Waals surface area contributed by atoms with Crippen LogP contribution in [0, 0.1) is 5.92 Å². The number of nitrogen functional groups attached to an aromatic ring is 1. The van der Waals surface area contributed by atoms with Gasteiger partial charge in [-0.2, -0.15) is 0 Å². The van der Waals surface area contributed by atoms with E-state index in [4.69, 9.17) is 5.84 Å². The molecule has 1 amide bonds. The smallest absolute Gasteiger partial charge is 0.223 e. The maximum atomic E-state index is 11.9. The molecule has 0 saturated carbocycles. The summed E-state index contributed by atoms with van der Waals surface area (Å²) in [5.74, 6) is 6.73. The first-order valence-corrected chi connectivity index (χ1v) is 6.42. The summed E-state index contributed by atoms with van der Waals surface area (Å²) in [7, 11) is 0. The molecule has 1 atom stereocenters. The van der Waals surface area contributed by atoms with Crippen LogP contribution >= 0.6 is 0 Å². The number of nitrogens with one attached hydrogen (secondary N) is 1. The second-order valence-corrected chi connectivity index (χ2v) is 4.83. The Morgan fingerprint density at radius 1 is 1.61 bits per heavy atom. The summed E-state index contributed by atoms with van der Waals surface area (Å²) in [4.78, 5) is 17.9. The number of rotatable bonds is 5. The van der Waals surface area contributed by atoms with Crippen molar-refractivity contribution < 1.29 is 4.79 Å². The minimum Gasteiger partial charge on any atom is -0.338 e. The number of hydrogen-bond donors (Lipinski definition) is 2. The first-order chi connectivity index (χ1) is 8.72. The molecule has 1 aromatic heterocycles. The molecule has 1 unspecified atom stereocenters. The summed E-state index contributed by atoms with van der Waals surface area (Å²) in [6.45, 7) is 3.69. The predicted octanol–water partition coefficient (Wildman–Crippen LogP) is 1.52. The summed E-state index contributed by atoms with van der Waals surface area (Å²) in [5.41, 5.74) is 3.58. The molecule has 0 aromatic carbocycles. The summed E-state index contributed by atoms with van der Waals surface area (Å²) >= 11 is 0. The minimum absolute atomic E-state index is 0.257. The van der Waals surface area contributed by atoms with Crippen LogP contribution in [0.3, 0.4) is 0 Å². The van der Waals surface area contributed by atoms with E-state index in [1.807, 2.05) is 17.0 Å². The van der Waals surface area contributed by atoms with Crippen LogP contribution in [0.5, 0.6) is 0 Å². The number of nitrogens with two attached hydrogens (primary N) is 1. The van der Waals surface area contributed by atoms with Gasteiger partial charge in [0.2, 0.25) is 5.91 Å². The van der Waals surface area contributed by atoms with E-state index in [-0.39, 0.29) is 5.91 Å². The van der Waals surface area contributed by atoms with E-state index in [1.165, 1.54) is 0 Å². The highest BCUT2D eigenvalue weighted by atomic mass is 16.2. The van der Waals surface area contributed by atoms with E-state index < -0.39 is 0 Å². The molecule has 18 heavy (non-hydrogen) atoms. The average Bonchev–Trinajstić information content (AvgIpc) is 2.70. The molecule has 0 spiro atoms. The Morgan fingerprint density at radius 2 is 2.44 bits per heavy atom. The van der Waals surface area contributed by atoms with Crippen LogP contribution in [-0.4, -0.2) is 22.3 Å². The van der Waals surface area contributed by atoms with Gasteiger partial charge in [-0.25, -0.2) is 10.8 Å². The van der Waals surface area contributed by atoms with Crippen LogP contribution in [0.15, 0.2) is 18.3 Å². The highest BCUT2D eigenvalue weighted by Gasteiger charge is 2.28. The molecule has 3 N–H and O–H groups in total. The van der Waals surface area contributed by atoms with Gasteiger partial charge in [0.15, 0.2) is 0 Å². The van der Waals surface area contributed by atoms with Crippen molar-refractivity contribution in [1.82, 2.24) is 9.88 Å². The Kier molecular flexibility index (Phi) is 4.15. The Hall–Kier alpha value is -1.62. The number of pyridine rings is 1. The normalized spacial score (nSPS) is 19.3. The van der Waals surface area contributed by atoms with Gasteiger partial charge >= 0.3 is 0 Å². The third-order valence-electron chi connectivity index (χ3n) is 3.34. The fraction of sp³-hybridized carbons (Fsp3) is 0.538. The zero-order valence-electron chi connectivity index (χ0n) is 10.7. The third kappa shape index (κ3) is 2.98. The van der Waals surface area contributed by atoms with Crippen LogP contribution in [0.2, 0.25) is 0 Å². The standard InChI is InChI=1S/C13H20N4O/c1-2-3-10-7-13(18)17(8-10)9-11-4-5-15-12(6-11)16-14/h4-6,10H,2-3,7-9,14H2,1H3,(H,15,16). The second-order valence-electron chi connectivity index (χ2n) is 4.83. The van der Waals surface area contributed by atoms with Crippen molar-refractivity contribution in [2.24, 2.45) is 11.8 Å². The van der Waals surface area contributed by atoms with Gasteiger partial charge in [-0.3, -0.25) is 4.79 Å². The van der Waals surface area contributed by atoms with Crippen LogP contribution in [0.25, 0.3) is 0 Å². The SMILES string of the molecule is CCCC1CC(=O)N(Cc2ccnc(NN)c2)C1. The van der Waals surface area contributed by atoms with Crippen molar-refractivity contribution in [3.8, 4) is 0 Å². The molecule has 1 fully saturated rings. The van der Waals surface area contributed by atoms with Crippen molar-refractivity contribution >= 4 is 11.7 Å². The average molecular weight is 248 g/mol. The van der Waals surface area contributed by atoms with Crippen LogP contribution < -0.4 is 11.3 Å². The highest BCUT2D eigenvalue weighted by Crippen LogP contribution is 2.23. The van der Waals surface area contributed by atoms with Crippen LogP contribution in [0.1, 0.15) is 31.7 Å². The predicted molar refractivity (Wildman–Crippen MR) is 70.5 cm³/mol. The molecule has 2 heterocycles. The molecule has 98 valence electrons. The number of likely N-dealkylation sites (tertiary alicyclic amines) is 1. The maximum Gasteiger partial charge on any atom is 0.223 e. The number of hydrogen-bond acceptors (Lipinski definition) is 4. The summed E-state index contributed by atoms with van der Waals surface area (Å²) < 4.78 is 0. The Morgan fingerprint density at radius 3 is 3.17 bits per heavy atom. The lowest BCUT2D eigenvalue weighted by molar-refractivity contribution is -0.128. The maximum absolute atomic E-state index is 11.9. The van der Waals surface area contributed by atoms with E-state index >= 15 is 0 Å². The van der Waals surface area contributed by atoms with Gasteiger partial charge < -0.3 is 10.3 Å². The monoisotopic (exact) mass is 248 g/mol. The summed E-state index contributed by atoms with van der Waals surface area (Å²) in [5, 5.41) is 0. The highest BCUT2D eigenvalue weighted by molar-refractivity contribution is 5.78. The molecule has 1 saturated heterocycles. The Labute approximate surface area is 107 Å². The van der Waals surface area contributed by atoms with Gasteiger partial charge in [0, 0.05) is 25.7 Å². The van der Waals surface area contributed by atoms with Gasteiger partial charge in [-0.05, 0) is 30.0 Å². The molecular formula is C13H20N4O. The Balaban J connectivity index is 1.98. The van der Waals surface area contributed by atoms with E-state index in [2.05, 4.69) is 17.3 Å². The van der Waals surface area contributed by atoms with Crippen molar-refractivity contribution in [3.05, 3.63) is 23.9 Å². The fourth-order valence-electron chi connectivity index (χ4n) is 2.48. The number of nitrogens with zero attached hydrogens (tertiary/aromatic N) is 2. The lowest BCUT2D eigenvalue weighted by Crippen LogP contribution is -2.24. The molecular weight excluding hydrogens is 228 g/mol. The van der Waals surface area contributed by atoms with Crippen molar-refractivity contribution in [2.75, 3.05) is 12.0 Å². The second kappa shape index (κ2) is 5.82. The summed E-state index contributed by atoms with van der Waals surface area (Å²) in [6, 6.07) is 3.79. The lowest BCUT2D eigenvalue weighted by Gasteiger charge is -2.17. The number of anilines is 1. The van der Waals surface area contributed by atoms with E-state index in [0.717, 1.165) is 24.9 Å². The van der Waals surface area contributed by atoms with Gasteiger partial charge in [0.05, 0.1) is 0 Å². The zero-order valence-corrected chi connectivity index (χ0v) is 10.7. The number of carbonyl (C=O) groups is 1. The van der Waals surface area contributed by atoms with Gasteiger partial charge in [-0.15, -0.1) is 0 Å². The third-order valence-corrected chi connectivity index (χ3v) is 3.34. The summed E-state index contributed by atoms with van der Waals surface area (Å²) in [6.07, 6.45) is 4.67. The lowest BCUT2D eigenvalue weighted by atomic mass is 10.0. The minimum atomic E-state index is 0.257. The van der Waals surface area contributed by atoms with Crippen LogP contribution in [0.4, 0.5) is 5.82 Å². The quantitative estimate of drug-likeness (QED) is 0.612. The number of aromatic nitrogens is 1. The van der Waals surface area contributed by atoms with E-state index in [9.17, 15) is 4.79 Å². The van der Waals surface area contributed by atoms with E-state index in [1.54, 1.807) is 6.20 Å². The van der Waals surface area contributed by atoms with Gasteiger partial charge in [0.1, 0.15) is 5.82 Å². The number of carbonyl (C=O) groups excluding carboxylic acids is 1. The molecule has 5 nitrogen and oxygen atoms in total. The molecule has 0 bridgehead atoms. The van der Waals surface area contributed by atoms with Gasteiger partial charge in [0.25, 0.3) is 0 Å². The molecule has 2 rings (SSSR count). The first-order valence-electron chi connectivity index (χ1n) is 6.42. The van der Waals surface area contributed by atoms with Gasteiger partial charge in [-0.1, -0.05) is 13.3 Å². The van der Waals surface area contributed by atoms with Crippen molar-refractivity contribution in [1.29, 1.82) is 0 Å². The zero-order chi connectivity index (χ0) is 13.0. The van der Waals surface area contributed by atoms with Crippen molar-refractivity contribution in [2.45, 2.75) is 32.7 Å². The molecule has 5 heteroatoms.